The fraction of sp³-hybridized carbons (Fsp3) is 0.417. The highest BCUT2D eigenvalue weighted by molar-refractivity contribution is 5.77. The van der Waals surface area contributed by atoms with Crippen molar-refractivity contribution in [3.8, 4) is 6.07 Å². The Kier molecular flexibility index (Phi) is 5.73. The number of likely N-dealkylation sites (tertiary alicyclic amines) is 1. The maximum absolute atomic E-state index is 8.93. The fourth-order valence-corrected chi connectivity index (χ4v) is 4.52. The van der Waals surface area contributed by atoms with Gasteiger partial charge in [0.25, 0.3) is 0 Å². The number of piperidine rings is 1. The molecule has 4 heteroatoms. The highest BCUT2D eigenvalue weighted by Gasteiger charge is 2.28. The van der Waals surface area contributed by atoms with Gasteiger partial charge < -0.3 is 4.42 Å². The molecule has 1 unspecified atom stereocenters. The molecule has 0 spiro atoms. The van der Waals surface area contributed by atoms with Crippen LogP contribution < -0.4 is 0 Å². The van der Waals surface area contributed by atoms with E-state index >= 15 is 0 Å². The van der Waals surface area contributed by atoms with Gasteiger partial charge in [-0.25, -0.2) is 4.98 Å². The number of aromatic nitrogens is 1. The number of hydrogen-bond acceptors (Lipinski definition) is 4. The molecule has 0 amide bonds. The van der Waals surface area contributed by atoms with Crippen molar-refractivity contribution in [3.05, 3.63) is 65.5 Å². The molecule has 4 nitrogen and oxygen atoms in total. The van der Waals surface area contributed by atoms with Crippen molar-refractivity contribution in [2.45, 2.75) is 51.0 Å². The highest BCUT2D eigenvalue weighted by atomic mass is 16.3. The molecule has 1 atom stereocenters. The number of rotatable bonds is 6. The maximum Gasteiger partial charge on any atom is 0.209 e. The van der Waals surface area contributed by atoms with E-state index < -0.39 is 0 Å². The standard InChI is InChI=1S/C24H27N3O/c1-2-7-21(19-8-4-3-5-9-19)27-16-13-18(14-17-27)20-10-6-11-22-24(20)26-23(28-22)12-15-25/h3-6,8-11,18,21H,2,7,12-14,16-17H2,1H3. The Labute approximate surface area is 166 Å². The van der Waals surface area contributed by atoms with Crippen LogP contribution in [0.4, 0.5) is 0 Å². The van der Waals surface area contributed by atoms with Gasteiger partial charge in [-0.05, 0) is 55.5 Å². The molecule has 1 saturated heterocycles. The molecule has 4 rings (SSSR count). The number of hydrogen-bond donors (Lipinski definition) is 0. The summed E-state index contributed by atoms with van der Waals surface area (Å²) < 4.78 is 5.75. The number of para-hydroxylation sites is 1. The Morgan fingerprint density at radius 3 is 2.64 bits per heavy atom. The number of benzene rings is 2. The van der Waals surface area contributed by atoms with Gasteiger partial charge in [-0.1, -0.05) is 55.8 Å². The lowest BCUT2D eigenvalue weighted by Gasteiger charge is -2.38. The van der Waals surface area contributed by atoms with Crippen LogP contribution in [0.3, 0.4) is 0 Å². The first-order chi connectivity index (χ1) is 13.8. The van der Waals surface area contributed by atoms with Crippen LogP contribution in [0, 0.1) is 11.3 Å². The molecule has 1 fully saturated rings. The van der Waals surface area contributed by atoms with Crippen LogP contribution in [0.5, 0.6) is 0 Å². The molecule has 0 N–H and O–H groups in total. The molecule has 2 heterocycles. The molecule has 28 heavy (non-hydrogen) atoms. The lowest BCUT2D eigenvalue weighted by atomic mass is 9.87. The third kappa shape index (κ3) is 3.81. The third-order valence-electron chi connectivity index (χ3n) is 5.88. The average molecular weight is 374 g/mol. The van der Waals surface area contributed by atoms with Crippen LogP contribution in [0.25, 0.3) is 11.1 Å². The largest absolute Gasteiger partial charge is 0.440 e. The van der Waals surface area contributed by atoms with E-state index in [1.54, 1.807) is 0 Å². The average Bonchev–Trinajstić information content (AvgIpc) is 3.16. The van der Waals surface area contributed by atoms with E-state index in [1.165, 1.54) is 24.0 Å². The normalized spacial score (nSPS) is 16.9. The second-order valence-electron chi connectivity index (χ2n) is 7.66. The molecular weight excluding hydrogens is 346 g/mol. The number of nitrogens with zero attached hydrogens (tertiary/aromatic N) is 3. The fourth-order valence-electron chi connectivity index (χ4n) is 4.52. The van der Waals surface area contributed by atoms with E-state index in [1.807, 2.05) is 6.07 Å². The van der Waals surface area contributed by atoms with Crippen molar-refractivity contribution < 1.29 is 4.42 Å². The first-order valence-corrected chi connectivity index (χ1v) is 10.3. The summed E-state index contributed by atoms with van der Waals surface area (Å²) in [5, 5.41) is 8.93. The molecule has 0 aliphatic carbocycles. The van der Waals surface area contributed by atoms with Gasteiger partial charge in [-0.3, -0.25) is 4.90 Å². The van der Waals surface area contributed by atoms with Gasteiger partial charge >= 0.3 is 0 Å². The number of oxazole rings is 1. The topological polar surface area (TPSA) is 53.1 Å². The van der Waals surface area contributed by atoms with Gasteiger partial charge in [0.05, 0.1) is 6.07 Å². The second-order valence-corrected chi connectivity index (χ2v) is 7.66. The zero-order valence-electron chi connectivity index (χ0n) is 16.5. The molecule has 0 bridgehead atoms. The lowest BCUT2D eigenvalue weighted by molar-refractivity contribution is 0.144. The third-order valence-corrected chi connectivity index (χ3v) is 5.88. The molecular formula is C24H27N3O. The molecule has 1 aromatic heterocycles. The Balaban J connectivity index is 1.51. The first kappa shape index (κ1) is 18.7. The molecule has 3 aromatic rings. The highest BCUT2D eigenvalue weighted by Crippen LogP contribution is 2.36. The Hall–Kier alpha value is -2.64. The van der Waals surface area contributed by atoms with Gasteiger partial charge in [0.2, 0.25) is 5.89 Å². The van der Waals surface area contributed by atoms with Gasteiger partial charge in [0.15, 0.2) is 5.58 Å². The molecule has 0 saturated carbocycles. The van der Waals surface area contributed by atoms with Crippen LogP contribution in [0.1, 0.15) is 61.6 Å². The van der Waals surface area contributed by atoms with Crippen LogP contribution in [0.2, 0.25) is 0 Å². The van der Waals surface area contributed by atoms with Gasteiger partial charge in [-0.2, -0.15) is 5.26 Å². The van der Waals surface area contributed by atoms with Crippen molar-refractivity contribution in [3.63, 3.8) is 0 Å². The summed E-state index contributed by atoms with van der Waals surface area (Å²) in [6.45, 7) is 4.47. The van der Waals surface area contributed by atoms with E-state index in [-0.39, 0.29) is 6.42 Å². The quantitative estimate of drug-likeness (QED) is 0.563. The van der Waals surface area contributed by atoms with Crippen molar-refractivity contribution >= 4 is 11.1 Å². The summed E-state index contributed by atoms with van der Waals surface area (Å²) in [6.07, 6.45) is 4.88. The van der Waals surface area contributed by atoms with Crippen molar-refractivity contribution in [2.75, 3.05) is 13.1 Å². The van der Waals surface area contributed by atoms with Crippen LogP contribution in [0.15, 0.2) is 52.9 Å². The summed E-state index contributed by atoms with van der Waals surface area (Å²) in [7, 11) is 0. The SMILES string of the molecule is CCCC(c1ccccc1)N1CCC(c2cccc3oc(CC#N)nc23)CC1. The van der Waals surface area contributed by atoms with Crippen molar-refractivity contribution in [1.82, 2.24) is 9.88 Å². The minimum Gasteiger partial charge on any atom is -0.440 e. The molecule has 2 aromatic carbocycles. The van der Waals surface area contributed by atoms with Gasteiger partial charge in [-0.15, -0.1) is 0 Å². The van der Waals surface area contributed by atoms with Crippen molar-refractivity contribution in [1.29, 1.82) is 5.26 Å². The van der Waals surface area contributed by atoms with E-state index in [0.29, 0.717) is 17.9 Å². The molecule has 0 radical (unpaired) electrons. The summed E-state index contributed by atoms with van der Waals surface area (Å²) in [5.74, 6) is 1.02. The van der Waals surface area contributed by atoms with Gasteiger partial charge in [0, 0.05) is 6.04 Å². The minimum absolute atomic E-state index is 0.225. The van der Waals surface area contributed by atoms with E-state index in [4.69, 9.17) is 9.68 Å². The molecule has 1 aliphatic rings. The minimum atomic E-state index is 0.225. The van der Waals surface area contributed by atoms with Crippen LogP contribution >= 0.6 is 0 Å². The van der Waals surface area contributed by atoms with Crippen molar-refractivity contribution in [2.24, 2.45) is 0 Å². The summed E-state index contributed by atoms with van der Waals surface area (Å²) >= 11 is 0. The smallest absolute Gasteiger partial charge is 0.209 e. The van der Waals surface area contributed by atoms with Gasteiger partial charge in [0.1, 0.15) is 11.9 Å². The van der Waals surface area contributed by atoms with E-state index in [9.17, 15) is 0 Å². The summed E-state index contributed by atoms with van der Waals surface area (Å²) in [6, 6.07) is 19.7. The molecule has 144 valence electrons. The Bertz CT molecular complexity index is 949. The number of fused-ring (bicyclic) bond motifs is 1. The van der Waals surface area contributed by atoms with Crippen LogP contribution in [-0.4, -0.2) is 23.0 Å². The van der Waals surface area contributed by atoms with E-state index in [0.717, 1.165) is 37.0 Å². The zero-order chi connectivity index (χ0) is 19.3. The first-order valence-electron chi connectivity index (χ1n) is 10.3. The van der Waals surface area contributed by atoms with Crippen LogP contribution in [-0.2, 0) is 6.42 Å². The second kappa shape index (κ2) is 8.58. The monoisotopic (exact) mass is 373 g/mol. The Morgan fingerprint density at radius 1 is 1.14 bits per heavy atom. The number of nitriles is 1. The predicted molar refractivity (Wildman–Crippen MR) is 111 cm³/mol. The Morgan fingerprint density at radius 2 is 1.93 bits per heavy atom. The molecule has 1 aliphatic heterocycles. The maximum atomic E-state index is 8.93. The summed E-state index contributed by atoms with van der Waals surface area (Å²) in [5.41, 5.74) is 4.46. The predicted octanol–water partition coefficient (Wildman–Crippen LogP) is 5.61. The zero-order valence-corrected chi connectivity index (χ0v) is 16.5. The lowest BCUT2D eigenvalue weighted by Crippen LogP contribution is -2.36. The summed E-state index contributed by atoms with van der Waals surface area (Å²) in [4.78, 5) is 7.26. The van der Waals surface area contributed by atoms with E-state index in [2.05, 4.69) is 65.3 Å².